The fourth-order valence-corrected chi connectivity index (χ4v) is 2.88. The number of aryl methyl sites for hydroxylation is 1. The van der Waals surface area contributed by atoms with Crippen molar-refractivity contribution in [3.63, 3.8) is 0 Å². The van der Waals surface area contributed by atoms with Gasteiger partial charge in [0.25, 0.3) is 0 Å². The number of nitrogens with zero attached hydrogens (tertiary/aromatic N) is 2. The molecule has 0 aliphatic heterocycles. The van der Waals surface area contributed by atoms with Crippen LogP contribution in [0.5, 0.6) is 0 Å². The molecule has 1 unspecified atom stereocenters. The van der Waals surface area contributed by atoms with E-state index < -0.39 is 0 Å². The lowest BCUT2D eigenvalue weighted by Gasteiger charge is -2.14. The van der Waals surface area contributed by atoms with Crippen LogP contribution in [0.2, 0.25) is 0 Å². The molecule has 2 aromatic heterocycles. The van der Waals surface area contributed by atoms with E-state index in [1.54, 1.807) is 11.3 Å². The molecule has 5 heteroatoms. The van der Waals surface area contributed by atoms with Gasteiger partial charge >= 0.3 is 0 Å². The lowest BCUT2D eigenvalue weighted by atomic mass is 10.2. The third-order valence-electron chi connectivity index (χ3n) is 3.00. The first-order valence-corrected chi connectivity index (χ1v) is 6.71. The minimum atomic E-state index is 0.262. The van der Waals surface area contributed by atoms with Crippen molar-refractivity contribution >= 4 is 27.9 Å². The summed E-state index contributed by atoms with van der Waals surface area (Å²) in [4.78, 5) is 5.56. The third kappa shape index (κ3) is 1.97. The molecular weight excluding hydrogens is 244 g/mol. The van der Waals surface area contributed by atoms with Gasteiger partial charge in [0, 0.05) is 16.0 Å². The highest BCUT2D eigenvalue weighted by Crippen LogP contribution is 2.26. The Kier molecular flexibility index (Phi) is 2.76. The fourth-order valence-electron chi connectivity index (χ4n) is 2.07. The first-order valence-electron chi connectivity index (χ1n) is 5.83. The molecule has 0 aliphatic carbocycles. The summed E-state index contributed by atoms with van der Waals surface area (Å²) in [5, 5.41) is 11.6. The molecule has 0 aliphatic rings. The van der Waals surface area contributed by atoms with E-state index in [0.717, 1.165) is 22.3 Å². The fraction of sp³-hybridized carbons (Fsp3) is 0.231. The molecule has 92 valence electrons. The molecule has 0 fully saturated rings. The second kappa shape index (κ2) is 4.42. The van der Waals surface area contributed by atoms with Gasteiger partial charge in [-0.15, -0.1) is 11.3 Å². The summed E-state index contributed by atoms with van der Waals surface area (Å²) in [5.74, 6) is 0. The smallest absolute Gasteiger partial charge is 0.0798 e. The van der Waals surface area contributed by atoms with E-state index in [2.05, 4.69) is 45.6 Å². The summed E-state index contributed by atoms with van der Waals surface area (Å²) in [5.41, 5.74) is 5.13. The van der Waals surface area contributed by atoms with Crippen LogP contribution in [0.4, 0.5) is 5.69 Å². The normalized spacial score (nSPS) is 12.8. The number of fused-ring (bicyclic) bond motifs is 1. The van der Waals surface area contributed by atoms with E-state index in [0.29, 0.717) is 0 Å². The number of nitrogens with one attached hydrogen (secondary N) is 2. The van der Waals surface area contributed by atoms with Crippen molar-refractivity contribution in [1.29, 1.82) is 0 Å². The van der Waals surface area contributed by atoms with Gasteiger partial charge in [0.1, 0.15) is 0 Å². The van der Waals surface area contributed by atoms with E-state index in [1.165, 1.54) is 4.88 Å². The van der Waals surface area contributed by atoms with Crippen molar-refractivity contribution in [1.82, 2.24) is 15.2 Å². The predicted octanol–water partition coefficient (Wildman–Crippen LogP) is 3.50. The number of anilines is 1. The maximum Gasteiger partial charge on any atom is 0.0798 e. The molecule has 0 radical (unpaired) electrons. The minimum Gasteiger partial charge on any atom is -0.378 e. The van der Waals surface area contributed by atoms with Gasteiger partial charge in [-0.3, -0.25) is 5.10 Å². The topological polar surface area (TPSA) is 53.6 Å². The van der Waals surface area contributed by atoms with Crippen LogP contribution in [0.3, 0.4) is 0 Å². The van der Waals surface area contributed by atoms with Gasteiger partial charge in [-0.2, -0.15) is 5.10 Å². The van der Waals surface area contributed by atoms with Crippen molar-refractivity contribution in [3.05, 3.63) is 40.5 Å². The molecule has 3 rings (SSSR count). The van der Waals surface area contributed by atoms with Crippen molar-refractivity contribution in [2.75, 3.05) is 5.32 Å². The Morgan fingerprint density at radius 2 is 2.28 bits per heavy atom. The third-order valence-corrected chi connectivity index (χ3v) is 4.11. The minimum absolute atomic E-state index is 0.262. The molecule has 0 saturated heterocycles. The number of hydrogen-bond acceptors (Lipinski definition) is 4. The zero-order valence-corrected chi connectivity index (χ0v) is 11.1. The van der Waals surface area contributed by atoms with Crippen LogP contribution < -0.4 is 5.32 Å². The average Bonchev–Trinajstić information content (AvgIpc) is 2.96. The van der Waals surface area contributed by atoms with Crippen LogP contribution in [-0.2, 0) is 0 Å². The Hall–Kier alpha value is -1.88. The Morgan fingerprint density at radius 3 is 3.06 bits per heavy atom. The van der Waals surface area contributed by atoms with Crippen LogP contribution in [0.25, 0.3) is 10.9 Å². The van der Waals surface area contributed by atoms with E-state index in [4.69, 9.17) is 0 Å². The summed E-state index contributed by atoms with van der Waals surface area (Å²) in [6.07, 6.45) is 1.83. The number of aromatic amines is 1. The van der Waals surface area contributed by atoms with Gasteiger partial charge < -0.3 is 5.32 Å². The molecule has 18 heavy (non-hydrogen) atoms. The highest BCUT2D eigenvalue weighted by molar-refractivity contribution is 7.09. The molecule has 0 saturated carbocycles. The maximum atomic E-state index is 4.28. The van der Waals surface area contributed by atoms with Crippen molar-refractivity contribution in [2.45, 2.75) is 19.9 Å². The molecule has 0 spiro atoms. The van der Waals surface area contributed by atoms with Gasteiger partial charge in [0.15, 0.2) is 0 Å². The molecule has 3 aromatic rings. The SMILES string of the molecule is Cc1ncsc1C(C)Nc1ccc2cn[nH]c2c1. The number of hydrogen-bond donors (Lipinski definition) is 2. The lowest BCUT2D eigenvalue weighted by molar-refractivity contribution is 0.891. The highest BCUT2D eigenvalue weighted by Gasteiger charge is 2.11. The molecule has 1 aromatic carbocycles. The van der Waals surface area contributed by atoms with Crippen molar-refractivity contribution < 1.29 is 0 Å². The van der Waals surface area contributed by atoms with Gasteiger partial charge in [0.2, 0.25) is 0 Å². The zero-order valence-electron chi connectivity index (χ0n) is 10.3. The highest BCUT2D eigenvalue weighted by atomic mass is 32.1. The summed E-state index contributed by atoms with van der Waals surface area (Å²) in [6.45, 7) is 4.19. The molecule has 2 N–H and O–H groups in total. The predicted molar refractivity (Wildman–Crippen MR) is 75.0 cm³/mol. The van der Waals surface area contributed by atoms with E-state index in [1.807, 2.05) is 18.6 Å². The van der Waals surface area contributed by atoms with Gasteiger partial charge in [-0.1, -0.05) is 0 Å². The average molecular weight is 258 g/mol. The molecule has 1 atom stereocenters. The largest absolute Gasteiger partial charge is 0.378 e. The van der Waals surface area contributed by atoms with Crippen molar-refractivity contribution in [3.8, 4) is 0 Å². The van der Waals surface area contributed by atoms with E-state index in [-0.39, 0.29) is 6.04 Å². The van der Waals surface area contributed by atoms with Crippen LogP contribution in [-0.4, -0.2) is 15.2 Å². The summed E-state index contributed by atoms with van der Waals surface area (Å²) in [6, 6.07) is 6.48. The summed E-state index contributed by atoms with van der Waals surface area (Å²) < 4.78 is 0. The van der Waals surface area contributed by atoms with Gasteiger partial charge in [-0.05, 0) is 32.0 Å². The Balaban J connectivity index is 1.85. The molecule has 4 nitrogen and oxygen atoms in total. The molecular formula is C13H14N4S. The second-order valence-corrected chi connectivity index (χ2v) is 5.23. The van der Waals surface area contributed by atoms with E-state index in [9.17, 15) is 0 Å². The summed E-state index contributed by atoms with van der Waals surface area (Å²) >= 11 is 1.69. The lowest BCUT2D eigenvalue weighted by Crippen LogP contribution is -2.06. The van der Waals surface area contributed by atoms with Gasteiger partial charge in [0.05, 0.1) is 29.0 Å². The number of H-pyrrole nitrogens is 1. The van der Waals surface area contributed by atoms with Crippen LogP contribution in [0.15, 0.2) is 29.9 Å². The number of rotatable bonds is 3. The Labute approximate surface area is 109 Å². The Bertz CT molecular complexity index is 670. The second-order valence-electron chi connectivity index (χ2n) is 4.34. The number of benzene rings is 1. The standard InChI is InChI=1S/C13H14N4S/c1-8-13(18-7-14-8)9(2)16-11-4-3-10-6-15-17-12(10)5-11/h3-7,9,16H,1-2H3,(H,15,17). The molecule has 0 bridgehead atoms. The maximum absolute atomic E-state index is 4.28. The summed E-state index contributed by atoms with van der Waals surface area (Å²) in [7, 11) is 0. The first kappa shape index (κ1) is 11.2. The molecule has 0 amide bonds. The van der Waals surface area contributed by atoms with Crippen molar-refractivity contribution in [2.24, 2.45) is 0 Å². The monoisotopic (exact) mass is 258 g/mol. The Morgan fingerprint density at radius 1 is 1.39 bits per heavy atom. The van der Waals surface area contributed by atoms with Gasteiger partial charge in [-0.25, -0.2) is 4.98 Å². The van der Waals surface area contributed by atoms with Crippen LogP contribution in [0, 0.1) is 6.92 Å². The van der Waals surface area contributed by atoms with Crippen LogP contribution >= 0.6 is 11.3 Å². The number of thiazole rings is 1. The van der Waals surface area contributed by atoms with E-state index >= 15 is 0 Å². The first-order chi connectivity index (χ1) is 8.74. The number of aromatic nitrogens is 3. The molecule has 2 heterocycles. The quantitative estimate of drug-likeness (QED) is 0.756. The van der Waals surface area contributed by atoms with Crippen LogP contribution in [0.1, 0.15) is 23.5 Å². The zero-order chi connectivity index (χ0) is 12.5.